The molecule has 0 spiro atoms. The van der Waals surface area contributed by atoms with Gasteiger partial charge in [0.2, 0.25) is 0 Å². The van der Waals surface area contributed by atoms with Crippen molar-refractivity contribution in [2.45, 2.75) is 32.7 Å². The van der Waals surface area contributed by atoms with Gasteiger partial charge in [-0.1, -0.05) is 6.92 Å². The fourth-order valence-corrected chi connectivity index (χ4v) is 2.65. The van der Waals surface area contributed by atoms with Crippen LogP contribution in [0.2, 0.25) is 0 Å². The Bertz CT molecular complexity index is 460. The molecule has 0 amide bonds. The maximum Gasteiger partial charge on any atom is 0.191 e. The predicted molar refractivity (Wildman–Crippen MR) is 88.7 cm³/mol. The number of hydrogen-bond donors (Lipinski definition) is 2. The van der Waals surface area contributed by atoms with E-state index >= 15 is 0 Å². The van der Waals surface area contributed by atoms with E-state index in [-0.39, 0.29) is 0 Å². The molecule has 1 saturated heterocycles. The smallest absolute Gasteiger partial charge is 0.191 e. The van der Waals surface area contributed by atoms with E-state index < -0.39 is 0 Å². The van der Waals surface area contributed by atoms with Crippen molar-refractivity contribution in [1.29, 1.82) is 0 Å². The van der Waals surface area contributed by atoms with Gasteiger partial charge in [0.1, 0.15) is 6.33 Å². The predicted octanol–water partition coefficient (Wildman–Crippen LogP) is 0.602. The zero-order valence-electron chi connectivity index (χ0n) is 14.0. The Balaban J connectivity index is 1.59. The van der Waals surface area contributed by atoms with Crippen LogP contribution >= 0.6 is 0 Å². The van der Waals surface area contributed by atoms with E-state index in [2.05, 4.69) is 37.6 Å². The van der Waals surface area contributed by atoms with E-state index in [1.54, 1.807) is 13.4 Å². The molecular formula is C15H29N7. The molecule has 0 saturated carbocycles. The van der Waals surface area contributed by atoms with Crippen LogP contribution in [-0.4, -0.2) is 58.9 Å². The normalized spacial score (nSPS) is 17.7. The number of piperidine rings is 1. The van der Waals surface area contributed by atoms with E-state index in [1.807, 2.05) is 11.6 Å². The molecule has 0 unspecified atom stereocenters. The highest BCUT2D eigenvalue weighted by Crippen LogP contribution is 2.15. The van der Waals surface area contributed by atoms with Gasteiger partial charge in [0, 0.05) is 20.6 Å². The van der Waals surface area contributed by atoms with Crippen molar-refractivity contribution in [3.05, 3.63) is 12.2 Å². The number of hydrogen-bond acceptors (Lipinski definition) is 4. The van der Waals surface area contributed by atoms with Gasteiger partial charge < -0.3 is 20.1 Å². The topological polar surface area (TPSA) is 70.4 Å². The van der Waals surface area contributed by atoms with Crippen molar-refractivity contribution in [2.24, 2.45) is 18.0 Å². The molecule has 1 aromatic rings. The Morgan fingerprint density at radius 2 is 2.14 bits per heavy atom. The lowest BCUT2D eigenvalue weighted by Crippen LogP contribution is -2.39. The van der Waals surface area contributed by atoms with Crippen LogP contribution in [0.25, 0.3) is 0 Å². The average molecular weight is 307 g/mol. The van der Waals surface area contributed by atoms with Crippen LogP contribution in [0.3, 0.4) is 0 Å². The second kappa shape index (κ2) is 8.73. The number of nitrogens with zero attached hydrogens (tertiary/aromatic N) is 5. The standard InChI is InChI=1S/C15H29N7/c1-13-5-9-22(10-6-13)8-4-7-17-15(16-2)18-11-14-20-19-12-21(14)3/h12-13H,4-11H2,1-3H3,(H2,16,17,18). The Hall–Kier alpha value is -1.63. The molecule has 124 valence electrons. The highest BCUT2D eigenvalue weighted by atomic mass is 15.3. The molecule has 2 N–H and O–H groups in total. The number of aliphatic imine (C=N–C) groups is 1. The molecule has 1 fully saturated rings. The monoisotopic (exact) mass is 307 g/mol. The summed E-state index contributed by atoms with van der Waals surface area (Å²) in [6.07, 6.45) is 5.52. The Labute approximate surface area is 133 Å². The molecule has 0 aromatic carbocycles. The first-order chi connectivity index (χ1) is 10.7. The number of aromatic nitrogens is 3. The lowest BCUT2D eigenvalue weighted by molar-refractivity contribution is 0.191. The Morgan fingerprint density at radius 3 is 2.77 bits per heavy atom. The largest absolute Gasteiger partial charge is 0.356 e. The molecule has 1 aliphatic heterocycles. The van der Waals surface area contributed by atoms with Crippen LogP contribution in [-0.2, 0) is 13.6 Å². The summed E-state index contributed by atoms with van der Waals surface area (Å²) < 4.78 is 1.90. The summed E-state index contributed by atoms with van der Waals surface area (Å²) in [7, 11) is 3.73. The molecule has 7 nitrogen and oxygen atoms in total. The summed E-state index contributed by atoms with van der Waals surface area (Å²) >= 11 is 0. The van der Waals surface area contributed by atoms with Gasteiger partial charge in [-0.3, -0.25) is 4.99 Å². The van der Waals surface area contributed by atoms with Crippen LogP contribution in [0.15, 0.2) is 11.3 Å². The summed E-state index contributed by atoms with van der Waals surface area (Å²) in [5, 5.41) is 14.5. The average Bonchev–Trinajstić information content (AvgIpc) is 2.93. The highest BCUT2D eigenvalue weighted by Gasteiger charge is 2.14. The Morgan fingerprint density at radius 1 is 1.36 bits per heavy atom. The number of nitrogens with one attached hydrogen (secondary N) is 2. The van der Waals surface area contributed by atoms with Gasteiger partial charge >= 0.3 is 0 Å². The molecule has 0 bridgehead atoms. The van der Waals surface area contributed by atoms with Gasteiger partial charge in [0.25, 0.3) is 0 Å². The summed E-state index contributed by atoms with van der Waals surface area (Å²) in [4.78, 5) is 6.80. The number of rotatable bonds is 6. The zero-order valence-corrected chi connectivity index (χ0v) is 14.0. The van der Waals surface area contributed by atoms with Crippen molar-refractivity contribution in [1.82, 2.24) is 30.3 Å². The second-order valence-corrected chi connectivity index (χ2v) is 6.09. The van der Waals surface area contributed by atoms with Crippen molar-refractivity contribution in [3.8, 4) is 0 Å². The third-order valence-corrected chi connectivity index (χ3v) is 4.26. The van der Waals surface area contributed by atoms with Gasteiger partial charge in [0.15, 0.2) is 11.8 Å². The number of guanidine groups is 1. The minimum atomic E-state index is 0.625. The highest BCUT2D eigenvalue weighted by molar-refractivity contribution is 5.79. The summed E-state index contributed by atoms with van der Waals surface area (Å²) in [6, 6.07) is 0. The van der Waals surface area contributed by atoms with Crippen molar-refractivity contribution in [2.75, 3.05) is 33.2 Å². The maximum atomic E-state index is 4.23. The van der Waals surface area contributed by atoms with E-state index in [9.17, 15) is 0 Å². The molecule has 0 atom stereocenters. The van der Waals surface area contributed by atoms with Gasteiger partial charge in [0.05, 0.1) is 6.54 Å². The van der Waals surface area contributed by atoms with Crippen LogP contribution in [0.5, 0.6) is 0 Å². The summed E-state index contributed by atoms with van der Waals surface area (Å²) in [5.41, 5.74) is 0. The lowest BCUT2D eigenvalue weighted by Gasteiger charge is -2.30. The van der Waals surface area contributed by atoms with Crippen LogP contribution < -0.4 is 10.6 Å². The van der Waals surface area contributed by atoms with Gasteiger partial charge in [-0.15, -0.1) is 10.2 Å². The number of likely N-dealkylation sites (tertiary alicyclic amines) is 1. The van der Waals surface area contributed by atoms with E-state index in [0.717, 1.165) is 30.7 Å². The Kier molecular flexibility index (Phi) is 6.64. The van der Waals surface area contributed by atoms with Gasteiger partial charge in [-0.05, 0) is 44.8 Å². The van der Waals surface area contributed by atoms with Gasteiger partial charge in [-0.25, -0.2) is 0 Å². The molecule has 1 aromatic heterocycles. The number of aryl methyl sites for hydroxylation is 1. The SMILES string of the molecule is CN=C(NCCCN1CCC(C)CC1)NCc1nncn1C. The minimum absolute atomic E-state index is 0.625. The molecule has 0 radical (unpaired) electrons. The van der Waals surface area contributed by atoms with Crippen molar-refractivity contribution in [3.63, 3.8) is 0 Å². The third-order valence-electron chi connectivity index (χ3n) is 4.26. The van der Waals surface area contributed by atoms with Gasteiger partial charge in [-0.2, -0.15) is 0 Å². The van der Waals surface area contributed by atoms with E-state index in [1.165, 1.54) is 32.5 Å². The molecule has 0 aliphatic carbocycles. The van der Waals surface area contributed by atoms with E-state index in [0.29, 0.717) is 6.54 Å². The van der Waals surface area contributed by atoms with Crippen molar-refractivity contribution >= 4 is 5.96 Å². The first-order valence-corrected chi connectivity index (χ1v) is 8.18. The lowest BCUT2D eigenvalue weighted by atomic mass is 9.99. The van der Waals surface area contributed by atoms with Crippen molar-refractivity contribution < 1.29 is 0 Å². The van der Waals surface area contributed by atoms with Crippen LogP contribution in [0, 0.1) is 5.92 Å². The third kappa shape index (κ3) is 5.29. The fourth-order valence-electron chi connectivity index (χ4n) is 2.65. The van der Waals surface area contributed by atoms with Crippen LogP contribution in [0.4, 0.5) is 0 Å². The van der Waals surface area contributed by atoms with Crippen LogP contribution in [0.1, 0.15) is 32.0 Å². The molecule has 7 heteroatoms. The molecule has 1 aliphatic rings. The minimum Gasteiger partial charge on any atom is -0.356 e. The molecule has 22 heavy (non-hydrogen) atoms. The first-order valence-electron chi connectivity index (χ1n) is 8.18. The zero-order chi connectivity index (χ0) is 15.8. The summed E-state index contributed by atoms with van der Waals surface area (Å²) in [6.45, 7) is 7.58. The maximum absolute atomic E-state index is 4.23. The molecule has 2 heterocycles. The molecule has 2 rings (SSSR count). The second-order valence-electron chi connectivity index (χ2n) is 6.09. The first kappa shape index (κ1) is 16.7. The molecular weight excluding hydrogens is 278 g/mol. The van der Waals surface area contributed by atoms with E-state index in [4.69, 9.17) is 0 Å². The summed E-state index contributed by atoms with van der Waals surface area (Å²) in [5.74, 6) is 2.61. The fraction of sp³-hybridized carbons (Fsp3) is 0.800. The quantitative estimate of drug-likeness (QED) is 0.458.